The number of hydrogen-bond donors (Lipinski definition) is 6. The number of rotatable bonds is 25. The predicted molar refractivity (Wildman–Crippen MR) is 137 cm³/mol. The Hall–Kier alpha value is -2.04. The first-order chi connectivity index (χ1) is 17.5. The molecule has 6 N–H and O–H groups in total. The third-order valence-corrected chi connectivity index (χ3v) is 7.13. The normalized spacial score (nSPS) is 15.5. The van der Waals surface area contributed by atoms with Crippen LogP contribution < -0.4 is 0 Å². The molecule has 0 aromatic carbocycles. The molecule has 3 unspecified atom stereocenters. The largest absolute Gasteiger partial charge is 0.481 e. The summed E-state index contributed by atoms with van der Waals surface area (Å²) in [4.78, 5) is 48.0. The maximum atomic E-state index is 12.8. The highest BCUT2D eigenvalue weighted by Gasteiger charge is 2.66. The zero-order valence-corrected chi connectivity index (χ0v) is 22.3. The van der Waals surface area contributed by atoms with Gasteiger partial charge in [-0.2, -0.15) is 0 Å². The van der Waals surface area contributed by atoms with Gasteiger partial charge in [-0.05, 0) is 6.42 Å². The summed E-state index contributed by atoms with van der Waals surface area (Å²) < 4.78 is 0. The second kappa shape index (κ2) is 19.1. The van der Waals surface area contributed by atoms with Crippen LogP contribution in [0.25, 0.3) is 0 Å². The van der Waals surface area contributed by atoms with Crippen molar-refractivity contribution in [2.24, 2.45) is 5.41 Å². The molecule has 0 spiro atoms. The second-order valence-corrected chi connectivity index (χ2v) is 10.1. The van der Waals surface area contributed by atoms with Crippen molar-refractivity contribution in [3.8, 4) is 0 Å². The van der Waals surface area contributed by atoms with E-state index in [0.29, 0.717) is 12.8 Å². The fourth-order valence-electron chi connectivity index (χ4n) is 4.86. The Morgan fingerprint density at radius 1 is 0.649 bits per heavy atom. The molecule has 0 aliphatic carbocycles. The van der Waals surface area contributed by atoms with Crippen molar-refractivity contribution in [3.05, 3.63) is 0 Å². The number of hydrogen-bond acceptors (Lipinski definition) is 7. The van der Waals surface area contributed by atoms with Crippen LogP contribution in [0.3, 0.4) is 0 Å². The van der Waals surface area contributed by atoms with Crippen LogP contribution in [-0.2, 0) is 19.2 Å². The van der Waals surface area contributed by atoms with E-state index in [0.717, 1.165) is 25.7 Å². The lowest BCUT2D eigenvalue weighted by molar-refractivity contribution is -0.199. The summed E-state index contributed by atoms with van der Waals surface area (Å²) >= 11 is 0. The predicted octanol–water partition coefficient (Wildman–Crippen LogP) is 3.92. The molecule has 3 atom stereocenters. The molecule has 0 saturated heterocycles. The number of carboxylic acid groups (broad SMARTS) is 3. The van der Waals surface area contributed by atoms with Crippen LogP contribution in [0.2, 0.25) is 0 Å². The van der Waals surface area contributed by atoms with Gasteiger partial charge in [-0.1, -0.05) is 110 Å². The molecule has 216 valence electrons. The maximum absolute atomic E-state index is 12.8. The average molecular weight is 533 g/mol. The quantitative estimate of drug-likeness (QED) is 0.0742. The van der Waals surface area contributed by atoms with Crippen molar-refractivity contribution < 1.29 is 49.8 Å². The third-order valence-electron chi connectivity index (χ3n) is 7.13. The van der Waals surface area contributed by atoms with Gasteiger partial charge in [0, 0.05) is 0 Å². The van der Waals surface area contributed by atoms with Crippen molar-refractivity contribution in [1.82, 2.24) is 0 Å². The van der Waals surface area contributed by atoms with Gasteiger partial charge in [0.25, 0.3) is 0 Å². The molecular formula is C27H48O10. The molecule has 10 heteroatoms. The highest BCUT2D eigenvalue weighted by Crippen LogP contribution is 2.42. The summed E-state index contributed by atoms with van der Waals surface area (Å²) in [6.45, 7) is 1.02. The first-order valence-electron chi connectivity index (χ1n) is 13.8. The van der Waals surface area contributed by atoms with Gasteiger partial charge in [-0.15, -0.1) is 0 Å². The number of unbranched alkanes of at least 4 members (excludes halogenated alkanes) is 15. The average Bonchev–Trinajstić information content (AvgIpc) is 2.84. The van der Waals surface area contributed by atoms with Crippen molar-refractivity contribution in [2.75, 3.05) is 6.61 Å². The van der Waals surface area contributed by atoms with E-state index in [9.17, 15) is 39.6 Å². The highest BCUT2D eigenvalue weighted by atomic mass is 16.4. The Bertz CT molecular complexity index is 695. The number of carbonyl (C=O) groups is 4. The number of ketones is 1. The molecule has 0 aromatic rings. The molecule has 0 amide bonds. The SMILES string of the molecule is CCCCCCCCCCCCCCCCCCC(C(=O)O)(C(=O)C(O)CO)C(O)(CC(=O)O)C(=O)O. The van der Waals surface area contributed by atoms with E-state index in [2.05, 4.69) is 6.92 Å². The number of carboxylic acids is 3. The summed E-state index contributed by atoms with van der Waals surface area (Å²) in [5.41, 5.74) is -6.64. The molecule has 0 rings (SSSR count). The van der Waals surface area contributed by atoms with Gasteiger partial charge in [0.2, 0.25) is 0 Å². The van der Waals surface area contributed by atoms with Crippen LogP contribution in [0.15, 0.2) is 0 Å². The zero-order valence-electron chi connectivity index (χ0n) is 22.3. The molecule has 0 fully saturated rings. The van der Waals surface area contributed by atoms with Gasteiger partial charge in [0.1, 0.15) is 6.10 Å². The zero-order chi connectivity index (χ0) is 28.3. The number of aliphatic hydroxyl groups is 3. The molecular weight excluding hydrogens is 484 g/mol. The number of aliphatic carboxylic acids is 3. The van der Waals surface area contributed by atoms with Gasteiger partial charge >= 0.3 is 17.9 Å². The van der Waals surface area contributed by atoms with Crippen LogP contribution in [0.1, 0.15) is 122 Å². The molecule has 0 saturated carbocycles. The fourth-order valence-corrected chi connectivity index (χ4v) is 4.86. The molecule has 0 aliphatic heterocycles. The smallest absolute Gasteiger partial charge is 0.338 e. The first-order valence-corrected chi connectivity index (χ1v) is 13.8. The Morgan fingerprint density at radius 2 is 1.03 bits per heavy atom. The lowest BCUT2D eigenvalue weighted by Crippen LogP contribution is -2.65. The molecule has 0 bridgehead atoms. The van der Waals surface area contributed by atoms with Gasteiger partial charge in [0.05, 0.1) is 13.0 Å². The van der Waals surface area contributed by atoms with Crippen LogP contribution >= 0.6 is 0 Å². The van der Waals surface area contributed by atoms with E-state index < -0.39 is 60.3 Å². The van der Waals surface area contributed by atoms with Crippen molar-refractivity contribution >= 4 is 23.7 Å². The molecule has 0 radical (unpaired) electrons. The minimum Gasteiger partial charge on any atom is -0.481 e. The van der Waals surface area contributed by atoms with E-state index in [1.54, 1.807) is 0 Å². The molecule has 37 heavy (non-hydrogen) atoms. The Labute approximate surface area is 220 Å². The molecule has 10 nitrogen and oxygen atoms in total. The lowest BCUT2D eigenvalue weighted by Gasteiger charge is -2.40. The molecule has 0 aliphatic rings. The monoisotopic (exact) mass is 532 g/mol. The summed E-state index contributed by atoms with van der Waals surface area (Å²) in [6, 6.07) is 0. The summed E-state index contributed by atoms with van der Waals surface area (Å²) in [7, 11) is 0. The standard InChI is InChI=1S/C27H48O10/c1-2-3-4-5-6-7-8-9-10-11-12-13-14-15-16-17-18-26(24(33)34,23(32)21(29)20-28)27(37,25(35)36)19-22(30)31/h21,28-29,37H,2-20H2,1H3,(H,30,31)(H,33,34)(H,35,36). The summed E-state index contributed by atoms with van der Waals surface area (Å²) in [5.74, 6) is -7.72. The van der Waals surface area contributed by atoms with Gasteiger partial charge in [-0.25, -0.2) is 4.79 Å². The third kappa shape index (κ3) is 11.5. The topological polar surface area (TPSA) is 190 Å². The minimum absolute atomic E-state index is 0.0175. The number of carbonyl (C=O) groups excluding carboxylic acids is 1. The highest BCUT2D eigenvalue weighted by molar-refractivity contribution is 6.11. The summed E-state index contributed by atoms with van der Waals surface area (Å²) in [5, 5.41) is 58.1. The summed E-state index contributed by atoms with van der Waals surface area (Å²) in [6.07, 6.45) is 12.2. The Kier molecular flexibility index (Phi) is 18.0. The van der Waals surface area contributed by atoms with Crippen LogP contribution in [0.4, 0.5) is 0 Å². The van der Waals surface area contributed by atoms with E-state index in [1.807, 2.05) is 0 Å². The minimum atomic E-state index is -3.51. The van der Waals surface area contributed by atoms with E-state index in [-0.39, 0.29) is 6.42 Å². The second-order valence-electron chi connectivity index (χ2n) is 10.1. The van der Waals surface area contributed by atoms with E-state index in [1.165, 1.54) is 57.8 Å². The first kappa shape index (κ1) is 35.0. The number of aliphatic hydroxyl groups excluding tert-OH is 2. The van der Waals surface area contributed by atoms with Crippen LogP contribution in [0, 0.1) is 5.41 Å². The lowest BCUT2D eigenvalue weighted by atomic mass is 9.63. The Morgan fingerprint density at radius 3 is 1.32 bits per heavy atom. The molecule has 0 aromatic heterocycles. The van der Waals surface area contributed by atoms with Crippen LogP contribution in [0.5, 0.6) is 0 Å². The van der Waals surface area contributed by atoms with Crippen molar-refractivity contribution in [3.63, 3.8) is 0 Å². The van der Waals surface area contributed by atoms with Gasteiger partial charge in [0.15, 0.2) is 16.8 Å². The maximum Gasteiger partial charge on any atom is 0.338 e. The number of Topliss-reactive ketones (excluding diaryl/α,β-unsaturated/α-hetero) is 1. The van der Waals surface area contributed by atoms with Crippen LogP contribution in [-0.4, -0.2) is 72.6 Å². The molecule has 0 heterocycles. The van der Waals surface area contributed by atoms with Crippen molar-refractivity contribution in [1.29, 1.82) is 0 Å². The van der Waals surface area contributed by atoms with Gasteiger partial charge in [-0.3, -0.25) is 14.4 Å². The van der Waals surface area contributed by atoms with E-state index in [4.69, 9.17) is 10.2 Å². The van der Waals surface area contributed by atoms with Gasteiger partial charge < -0.3 is 30.6 Å². The van der Waals surface area contributed by atoms with Crippen molar-refractivity contribution in [2.45, 2.75) is 134 Å². The van der Waals surface area contributed by atoms with E-state index >= 15 is 0 Å². The Balaban J connectivity index is 4.67. The fraction of sp³-hybridized carbons (Fsp3) is 0.852.